The van der Waals surface area contributed by atoms with Gasteiger partial charge in [0.2, 0.25) is 0 Å². The number of aromatic nitrogens is 2. The molecule has 0 aliphatic heterocycles. The quantitative estimate of drug-likeness (QED) is 0.343. The summed E-state index contributed by atoms with van der Waals surface area (Å²) in [6.07, 6.45) is 4.81. The van der Waals surface area contributed by atoms with Crippen LogP contribution in [-0.2, 0) is 0 Å². The lowest BCUT2D eigenvalue weighted by Gasteiger charge is -2.10. The van der Waals surface area contributed by atoms with Crippen LogP contribution >= 0.6 is 0 Å². The maximum absolute atomic E-state index is 14.4. The molecule has 0 atom stereocenters. The molecule has 2 aromatic heterocycles. The van der Waals surface area contributed by atoms with Crippen LogP contribution in [0, 0.1) is 5.82 Å². The van der Waals surface area contributed by atoms with E-state index in [0.717, 1.165) is 10.9 Å². The van der Waals surface area contributed by atoms with Crippen LogP contribution in [0.2, 0.25) is 0 Å². The van der Waals surface area contributed by atoms with E-state index in [-0.39, 0.29) is 11.4 Å². The normalized spacial score (nSPS) is 10.9. The number of hydrazone groups is 1. The average Bonchev–Trinajstić information content (AvgIpc) is 3.21. The molecule has 2 aromatic carbocycles. The number of ether oxygens (including phenoxy) is 1. The molecule has 4 rings (SSSR count). The summed E-state index contributed by atoms with van der Waals surface area (Å²) >= 11 is 0. The van der Waals surface area contributed by atoms with Crippen LogP contribution in [0.15, 0.2) is 78.2 Å². The van der Waals surface area contributed by atoms with Gasteiger partial charge in [0, 0.05) is 24.1 Å². The smallest absolute Gasteiger partial charge is 0.339 e. The summed E-state index contributed by atoms with van der Waals surface area (Å²) in [5.74, 6) is -0.105. The van der Waals surface area contributed by atoms with Gasteiger partial charge in [0.05, 0.1) is 11.6 Å². The second-order valence-electron chi connectivity index (χ2n) is 6.03. The first-order valence-corrected chi connectivity index (χ1v) is 8.74. The van der Waals surface area contributed by atoms with E-state index < -0.39 is 11.8 Å². The van der Waals surface area contributed by atoms with Crippen LogP contribution in [0.4, 0.5) is 14.9 Å². The number of H-pyrrole nitrogens is 1. The van der Waals surface area contributed by atoms with Gasteiger partial charge in [0.25, 0.3) is 0 Å². The Hall–Kier alpha value is -4.20. The monoisotopic (exact) mass is 389 g/mol. The van der Waals surface area contributed by atoms with Gasteiger partial charge in [-0.3, -0.25) is 0 Å². The van der Waals surface area contributed by atoms with Crippen LogP contribution in [-0.4, -0.2) is 22.2 Å². The zero-order valence-corrected chi connectivity index (χ0v) is 15.1. The highest BCUT2D eigenvalue weighted by molar-refractivity contribution is 5.90. The molecule has 144 valence electrons. The number of benzene rings is 2. The predicted molar refractivity (Wildman–Crippen MR) is 109 cm³/mol. The van der Waals surface area contributed by atoms with Crippen molar-refractivity contribution in [1.82, 2.24) is 15.4 Å². The van der Waals surface area contributed by atoms with Crippen molar-refractivity contribution >= 4 is 29.0 Å². The summed E-state index contributed by atoms with van der Waals surface area (Å²) in [5, 5.41) is 7.09. The first-order chi connectivity index (χ1) is 14.2. The molecule has 0 saturated heterocycles. The number of fused-ring (bicyclic) bond motifs is 1. The van der Waals surface area contributed by atoms with Gasteiger partial charge in [-0.1, -0.05) is 30.3 Å². The van der Waals surface area contributed by atoms with Crippen LogP contribution in [0.3, 0.4) is 0 Å². The highest BCUT2D eigenvalue weighted by Crippen LogP contribution is 2.30. The molecule has 7 nitrogen and oxygen atoms in total. The SMILES string of the molecule is O=C(N/N=C/c1ccccc1)Nc1ccc(Oc2ccnc3[nH]ccc23)c(F)c1. The Kier molecular flexibility index (Phi) is 5.15. The number of nitrogens with zero attached hydrogens (tertiary/aromatic N) is 2. The minimum absolute atomic E-state index is 0.0340. The maximum Gasteiger partial charge on any atom is 0.339 e. The third-order valence-corrected chi connectivity index (χ3v) is 4.01. The number of nitrogens with one attached hydrogen (secondary N) is 3. The lowest BCUT2D eigenvalue weighted by atomic mass is 10.2. The number of urea groups is 1. The van der Waals surface area contributed by atoms with Gasteiger partial charge in [-0.05, 0) is 29.8 Å². The van der Waals surface area contributed by atoms with Crippen LogP contribution in [0.25, 0.3) is 11.0 Å². The zero-order chi connectivity index (χ0) is 20.1. The zero-order valence-electron chi connectivity index (χ0n) is 15.1. The van der Waals surface area contributed by atoms with E-state index in [1.165, 1.54) is 24.4 Å². The van der Waals surface area contributed by atoms with Gasteiger partial charge in [0.15, 0.2) is 11.6 Å². The number of carbonyl (C=O) groups excluding carboxylic acids is 1. The molecule has 0 aliphatic rings. The van der Waals surface area contributed by atoms with Crippen LogP contribution in [0.1, 0.15) is 5.56 Å². The van der Waals surface area contributed by atoms with Gasteiger partial charge in [-0.15, -0.1) is 0 Å². The predicted octanol–water partition coefficient (Wildman–Crippen LogP) is 4.65. The van der Waals surface area contributed by atoms with E-state index in [0.29, 0.717) is 11.4 Å². The number of aromatic amines is 1. The Bertz CT molecular complexity index is 1170. The molecule has 0 aliphatic carbocycles. The van der Waals surface area contributed by atoms with Gasteiger partial charge in [0.1, 0.15) is 11.4 Å². The van der Waals surface area contributed by atoms with Crippen LogP contribution in [0.5, 0.6) is 11.5 Å². The lowest BCUT2D eigenvalue weighted by Crippen LogP contribution is -2.24. The van der Waals surface area contributed by atoms with Crippen molar-refractivity contribution in [2.24, 2.45) is 5.10 Å². The number of pyridine rings is 1. The Morgan fingerprint density at radius 1 is 1.10 bits per heavy atom. The Morgan fingerprint density at radius 3 is 2.79 bits per heavy atom. The third kappa shape index (κ3) is 4.38. The number of carbonyl (C=O) groups is 1. The Balaban J connectivity index is 1.40. The van der Waals surface area contributed by atoms with Crippen molar-refractivity contribution in [3.63, 3.8) is 0 Å². The number of amides is 2. The molecule has 0 radical (unpaired) electrons. The van der Waals surface area contributed by atoms with Crippen molar-refractivity contribution in [2.45, 2.75) is 0 Å². The Labute approximate surface area is 165 Å². The first kappa shape index (κ1) is 18.2. The van der Waals surface area contributed by atoms with Gasteiger partial charge < -0.3 is 15.0 Å². The molecule has 0 spiro atoms. The summed E-state index contributed by atoms with van der Waals surface area (Å²) in [5.41, 5.74) is 4.08. The fraction of sp³-hybridized carbons (Fsp3) is 0. The van der Waals surface area contributed by atoms with Crippen LogP contribution < -0.4 is 15.5 Å². The van der Waals surface area contributed by atoms with E-state index in [1.807, 2.05) is 30.3 Å². The number of rotatable bonds is 5. The molecular weight excluding hydrogens is 373 g/mol. The highest BCUT2D eigenvalue weighted by atomic mass is 19.1. The van der Waals surface area contributed by atoms with Crippen molar-refractivity contribution in [3.8, 4) is 11.5 Å². The fourth-order valence-electron chi connectivity index (χ4n) is 2.67. The topological polar surface area (TPSA) is 91.4 Å². The summed E-state index contributed by atoms with van der Waals surface area (Å²) in [7, 11) is 0. The third-order valence-electron chi connectivity index (χ3n) is 4.01. The first-order valence-electron chi connectivity index (χ1n) is 8.74. The highest BCUT2D eigenvalue weighted by Gasteiger charge is 2.10. The molecule has 0 bridgehead atoms. The summed E-state index contributed by atoms with van der Waals surface area (Å²) in [6.45, 7) is 0. The molecule has 4 aromatic rings. The summed E-state index contributed by atoms with van der Waals surface area (Å²) < 4.78 is 20.1. The van der Waals surface area contributed by atoms with Crippen molar-refractivity contribution in [1.29, 1.82) is 0 Å². The second-order valence-corrected chi connectivity index (χ2v) is 6.03. The van der Waals surface area contributed by atoms with Gasteiger partial charge >= 0.3 is 6.03 Å². The van der Waals surface area contributed by atoms with E-state index in [1.54, 1.807) is 24.5 Å². The second kappa shape index (κ2) is 8.22. The van der Waals surface area contributed by atoms with Gasteiger partial charge in [-0.2, -0.15) is 5.10 Å². The Morgan fingerprint density at radius 2 is 1.97 bits per heavy atom. The molecular formula is C21H16FN5O2. The molecule has 29 heavy (non-hydrogen) atoms. The molecule has 0 saturated carbocycles. The number of halogens is 1. The van der Waals surface area contributed by atoms with Crippen molar-refractivity contribution < 1.29 is 13.9 Å². The van der Waals surface area contributed by atoms with Crippen molar-refractivity contribution in [2.75, 3.05) is 5.32 Å². The standard InChI is InChI=1S/C21H16FN5O2/c22-17-12-15(26-21(28)27-25-13-14-4-2-1-3-5-14)6-7-19(17)29-18-9-11-24-20-16(18)8-10-23-20/h1-13H,(H,23,24)(H2,26,27,28)/b25-13+. The average molecular weight is 389 g/mol. The fourth-order valence-corrected chi connectivity index (χ4v) is 2.67. The maximum atomic E-state index is 14.4. The summed E-state index contributed by atoms with van der Waals surface area (Å²) in [4.78, 5) is 19.0. The van der Waals surface area contributed by atoms with E-state index in [2.05, 4.69) is 25.8 Å². The largest absolute Gasteiger partial charge is 0.453 e. The lowest BCUT2D eigenvalue weighted by molar-refractivity contribution is 0.252. The summed E-state index contributed by atoms with van der Waals surface area (Å²) in [6, 6.07) is 16.3. The van der Waals surface area contributed by atoms with E-state index in [4.69, 9.17) is 4.74 Å². The molecule has 0 unspecified atom stereocenters. The number of hydrogen-bond acceptors (Lipinski definition) is 4. The number of anilines is 1. The molecule has 2 heterocycles. The van der Waals surface area contributed by atoms with E-state index >= 15 is 0 Å². The van der Waals surface area contributed by atoms with Crippen molar-refractivity contribution in [3.05, 3.63) is 84.4 Å². The molecule has 2 amide bonds. The number of hydrogen-bond donors (Lipinski definition) is 3. The molecule has 3 N–H and O–H groups in total. The molecule has 8 heteroatoms. The molecule has 0 fully saturated rings. The van der Waals surface area contributed by atoms with Gasteiger partial charge in [-0.25, -0.2) is 19.6 Å². The van der Waals surface area contributed by atoms with E-state index in [9.17, 15) is 9.18 Å². The minimum atomic E-state index is -0.615. The minimum Gasteiger partial charge on any atom is -0.453 e.